The molecule has 3 unspecified atom stereocenters. The number of carbonyl (C=O) groups excluding carboxylic acids is 4. The minimum atomic E-state index is -1.63. The van der Waals surface area contributed by atoms with Gasteiger partial charge in [0.15, 0.2) is 0 Å². The summed E-state index contributed by atoms with van der Waals surface area (Å²) in [4.78, 5) is 56.0. The van der Waals surface area contributed by atoms with Gasteiger partial charge in [0, 0.05) is 0 Å². The van der Waals surface area contributed by atoms with Crippen molar-refractivity contribution in [2.45, 2.75) is 31.0 Å². The molecule has 23 heavy (non-hydrogen) atoms. The van der Waals surface area contributed by atoms with Gasteiger partial charge in [0.2, 0.25) is 23.6 Å². The van der Waals surface area contributed by atoms with Gasteiger partial charge in [-0.1, -0.05) is 0 Å². The molecule has 0 aromatic carbocycles. The van der Waals surface area contributed by atoms with E-state index in [-0.39, 0.29) is 0 Å². The maximum Gasteiger partial charge on any atom is 0.328 e. The van der Waals surface area contributed by atoms with Crippen molar-refractivity contribution >= 4 is 29.6 Å². The molecular formula is C11H19N5O7. The lowest BCUT2D eigenvalue weighted by molar-refractivity contribution is -0.143. The molecule has 0 heterocycles. The van der Waals surface area contributed by atoms with Gasteiger partial charge >= 0.3 is 5.97 Å². The van der Waals surface area contributed by atoms with Crippen molar-refractivity contribution in [2.24, 2.45) is 17.2 Å². The number of carboxylic acids is 1. The number of carbonyl (C=O) groups is 5. The number of carboxylic acid groups (broad SMARTS) is 1. The summed E-state index contributed by atoms with van der Waals surface area (Å²) < 4.78 is 0. The van der Waals surface area contributed by atoms with E-state index >= 15 is 0 Å². The van der Waals surface area contributed by atoms with Crippen LogP contribution in [-0.4, -0.2) is 64.5 Å². The van der Waals surface area contributed by atoms with Crippen LogP contribution >= 0.6 is 0 Å². The highest BCUT2D eigenvalue weighted by Gasteiger charge is 2.29. The number of nitrogens with one attached hydrogen (secondary N) is 2. The van der Waals surface area contributed by atoms with E-state index in [4.69, 9.17) is 27.4 Å². The lowest BCUT2D eigenvalue weighted by atomic mass is 10.1. The van der Waals surface area contributed by atoms with Crippen molar-refractivity contribution in [3.8, 4) is 0 Å². The lowest BCUT2D eigenvalue weighted by Crippen LogP contribution is -2.56. The third kappa shape index (κ3) is 7.73. The highest BCUT2D eigenvalue weighted by molar-refractivity contribution is 5.95. The zero-order valence-electron chi connectivity index (χ0n) is 12.0. The molecule has 3 atom stereocenters. The molecule has 0 saturated carbocycles. The SMILES string of the molecule is NC(=O)CC(N)C(=O)NC(CC(N)=O)C(=O)NC(CO)C(=O)O. The van der Waals surface area contributed by atoms with E-state index < -0.39 is 67.2 Å². The summed E-state index contributed by atoms with van der Waals surface area (Å²) in [5.74, 6) is -5.35. The number of rotatable bonds is 10. The Morgan fingerprint density at radius 3 is 1.74 bits per heavy atom. The molecular weight excluding hydrogens is 314 g/mol. The van der Waals surface area contributed by atoms with Gasteiger partial charge in [-0.15, -0.1) is 0 Å². The molecule has 12 heteroatoms. The van der Waals surface area contributed by atoms with Crippen molar-refractivity contribution in [2.75, 3.05) is 6.61 Å². The van der Waals surface area contributed by atoms with Crippen LogP contribution in [0.5, 0.6) is 0 Å². The highest BCUT2D eigenvalue weighted by atomic mass is 16.4. The Morgan fingerprint density at radius 1 is 0.870 bits per heavy atom. The zero-order valence-corrected chi connectivity index (χ0v) is 12.0. The molecule has 0 saturated heterocycles. The Balaban J connectivity index is 4.96. The van der Waals surface area contributed by atoms with Gasteiger partial charge in [-0.25, -0.2) is 4.79 Å². The maximum atomic E-state index is 11.9. The molecule has 0 aromatic rings. The molecule has 0 aliphatic rings. The van der Waals surface area contributed by atoms with Crippen molar-refractivity contribution in [3.63, 3.8) is 0 Å². The van der Waals surface area contributed by atoms with E-state index in [9.17, 15) is 24.0 Å². The van der Waals surface area contributed by atoms with Gasteiger partial charge in [-0.05, 0) is 0 Å². The summed E-state index contributed by atoms with van der Waals surface area (Å²) in [6, 6.07) is -4.51. The van der Waals surface area contributed by atoms with Crippen LogP contribution in [0.1, 0.15) is 12.8 Å². The van der Waals surface area contributed by atoms with Crippen molar-refractivity contribution in [1.29, 1.82) is 0 Å². The summed E-state index contributed by atoms with van der Waals surface area (Å²) in [6.07, 6.45) is -1.14. The first kappa shape index (κ1) is 20.3. The van der Waals surface area contributed by atoms with Gasteiger partial charge < -0.3 is 38.0 Å². The van der Waals surface area contributed by atoms with Crippen LogP contribution in [0.25, 0.3) is 0 Å². The third-order valence-electron chi connectivity index (χ3n) is 2.59. The van der Waals surface area contributed by atoms with E-state index in [1.54, 1.807) is 0 Å². The van der Waals surface area contributed by atoms with E-state index in [2.05, 4.69) is 5.32 Å². The first-order valence-corrected chi connectivity index (χ1v) is 6.35. The first-order chi connectivity index (χ1) is 10.6. The van der Waals surface area contributed by atoms with Crippen LogP contribution in [-0.2, 0) is 24.0 Å². The molecule has 0 fully saturated rings. The van der Waals surface area contributed by atoms with Crippen LogP contribution in [0.2, 0.25) is 0 Å². The van der Waals surface area contributed by atoms with Gasteiger partial charge in [0.1, 0.15) is 12.1 Å². The second-order valence-corrected chi connectivity index (χ2v) is 4.59. The summed E-state index contributed by atoms with van der Waals surface area (Å²) in [7, 11) is 0. The number of amides is 4. The fourth-order valence-corrected chi connectivity index (χ4v) is 1.46. The maximum absolute atomic E-state index is 11.9. The van der Waals surface area contributed by atoms with E-state index in [0.29, 0.717) is 0 Å². The molecule has 10 N–H and O–H groups in total. The quantitative estimate of drug-likeness (QED) is 0.204. The predicted molar refractivity (Wildman–Crippen MR) is 74.2 cm³/mol. The Bertz CT molecular complexity index is 495. The number of primary amides is 2. The highest BCUT2D eigenvalue weighted by Crippen LogP contribution is 1.97. The summed E-state index contributed by atoms with van der Waals surface area (Å²) in [5, 5.41) is 21.5. The van der Waals surface area contributed by atoms with Gasteiger partial charge in [0.05, 0.1) is 25.5 Å². The minimum Gasteiger partial charge on any atom is -0.480 e. The zero-order chi connectivity index (χ0) is 18.2. The molecule has 4 amide bonds. The molecule has 130 valence electrons. The Morgan fingerprint density at radius 2 is 1.35 bits per heavy atom. The predicted octanol–water partition coefficient (Wildman–Crippen LogP) is -4.89. The van der Waals surface area contributed by atoms with Crippen LogP contribution in [0.3, 0.4) is 0 Å². The summed E-state index contributed by atoms with van der Waals surface area (Å²) in [5.41, 5.74) is 15.2. The molecule has 0 spiro atoms. The summed E-state index contributed by atoms with van der Waals surface area (Å²) in [6.45, 7) is -0.903. The Kier molecular flexibility index (Phi) is 8.21. The van der Waals surface area contributed by atoms with Crippen LogP contribution in [0.15, 0.2) is 0 Å². The molecule has 0 rings (SSSR count). The third-order valence-corrected chi connectivity index (χ3v) is 2.59. The average Bonchev–Trinajstić information content (AvgIpc) is 2.41. The number of hydrogen-bond acceptors (Lipinski definition) is 7. The normalized spacial score (nSPS) is 14.2. The van der Waals surface area contributed by atoms with Crippen LogP contribution in [0.4, 0.5) is 0 Å². The largest absolute Gasteiger partial charge is 0.480 e. The van der Waals surface area contributed by atoms with E-state index in [0.717, 1.165) is 0 Å². The monoisotopic (exact) mass is 333 g/mol. The molecule has 0 aliphatic carbocycles. The smallest absolute Gasteiger partial charge is 0.328 e. The second kappa shape index (κ2) is 9.32. The fourth-order valence-electron chi connectivity index (χ4n) is 1.46. The van der Waals surface area contributed by atoms with E-state index in [1.165, 1.54) is 0 Å². The fraction of sp³-hybridized carbons (Fsp3) is 0.545. The van der Waals surface area contributed by atoms with Gasteiger partial charge in [-0.3, -0.25) is 19.2 Å². The number of hydrogen-bond donors (Lipinski definition) is 7. The Hall–Kier alpha value is -2.73. The summed E-state index contributed by atoms with van der Waals surface area (Å²) >= 11 is 0. The van der Waals surface area contributed by atoms with Crippen LogP contribution < -0.4 is 27.8 Å². The lowest BCUT2D eigenvalue weighted by Gasteiger charge is -2.21. The molecule has 12 nitrogen and oxygen atoms in total. The number of aliphatic hydroxyl groups is 1. The average molecular weight is 333 g/mol. The molecule has 0 aromatic heterocycles. The van der Waals surface area contributed by atoms with Gasteiger partial charge in [-0.2, -0.15) is 0 Å². The minimum absolute atomic E-state index is 0.495. The molecule has 0 bridgehead atoms. The first-order valence-electron chi connectivity index (χ1n) is 6.35. The topological polar surface area (TPSA) is 228 Å². The van der Waals surface area contributed by atoms with Crippen molar-refractivity contribution in [3.05, 3.63) is 0 Å². The number of aliphatic hydroxyl groups excluding tert-OH is 1. The van der Waals surface area contributed by atoms with Crippen molar-refractivity contribution < 1.29 is 34.2 Å². The second-order valence-electron chi connectivity index (χ2n) is 4.59. The van der Waals surface area contributed by atoms with Gasteiger partial charge in [0.25, 0.3) is 0 Å². The standard InChI is InChI=1S/C11H19N5O7/c12-4(1-7(13)18)9(20)15-5(2-8(14)19)10(21)16-6(3-17)11(22)23/h4-6,17H,1-3,12H2,(H2,13,18)(H2,14,19)(H,15,20)(H,16,21)(H,22,23). The molecule has 0 radical (unpaired) electrons. The number of aliphatic carboxylic acids is 1. The molecule has 0 aliphatic heterocycles. The van der Waals surface area contributed by atoms with E-state index in [1.807, 2.05) is 5.32 Å². The van der Waals surface area contributed by atoms with Crippen LogP contribution in [0, 0.1) is 0 Å². The van der Waals surface area contributed by atoms with Crippen molar-refractivity contribution in [1.82, 2.24) is 10.6 Å². The number of nitrogens with two attached hydrogens (primary N) is 3. The Labute approximate surface area is 130 Å².